The molecule has 0 saturated carbocycles. The van der Waals surface area contributed by atoms with Crippen molar-refractivity contribution in [1.29, 1.82) is 0 Å². The van der Waals surface area contributed by atoms with Crippen LogP contribution >= 0.6 is 0 Å². The molecule has 0 atom stereocenters. The van der Waals surface area contributed by atoms with E-state index in [2.05, 4.69) is 9.55 Å². The summed E-state index contributed by atoms with van der Waals surface area (Å²) in [4.78, 5) is 18.8. The average Bonchev–Trinajstić information content (AvgIpc) is 3.16. The molecule has 7 heteroatoms. The van der Waals surface area contributed by atoms with Crippen molar-refractivity contribution in [3.05, 3.63) is 40.8 Å². The Labute approximate surface area is 134 Å². The quantitative estimate of drug-likeness (QED) is 0.767. The molecule has 1 aliphatic carbocycles. The highest BCUT2D eigenvalue weighted by Crippen LogP contribution is 2.30. The number of aliphatic hydroxyl groups is 1. The van der Waals surface area contributed by atoms with Crippen LogP contribution in [-0.2, 0) is 26.0 Å². The number of anilines is 1. The number of amides is 1. The molecule has 3 heterocycles. The Balaban J connectivity index is 1.76. The first-order chi connectivity index (χ1) is 11.2. The first-order valence-corrected chi connectivity index (χ1v) is 7.84. The summed E-state index contributed by atoms with van der Waals surface area (Å²) < 4.78 is 2.13. The van der Waals surface area contributed by atoms with Gasteiger partial charge in [-0.3, -0.25) is 9.69 Å². The van der Waals surface area contributed by atoms with Crippen molar-refractivity contribution in [2.24, 2.45) is 0 Å². The summed E-state index contributed by atoms with van der Waals surface area (Å²) in [5.41, 5.74) is 4.22. The van der Waals surface area contributed by atoms with E-state index in [0.29, 0.717) is 29.1 Å². The summed E-state index contributed by atoms with van der Waals surface area (Å²) in [5, 5.41) is 18.9. The van der Waals surface area contributed by atoms with Gasteiger partial charge in [-0.05, 0) is 42.4 Å². The predicted octanol–water partition coefficient (Wildman–Crippen LogP) is -0.239. The molecule has 4 rings (SSSR count). The zero-order valence-corrected chi connectivity index (χ0v) is 12.7. The number of hydrogen-bond donors (Lipinski definition) is 2. The summed E-state index contributed by atoms with van der Waals surface area (Å²) in [6, 6.07) is 3.61. The number of carbonyl (C=O) groups excluding carboxylic acids is 1. The summed E-state index contributed by atoms with van der Waals surface area (Å²) in [5.74, 6) is 0.329. The maximum absolute atomic E-state index is 12.9. The summed E-state index contributed by atoms with van der Waals surface area (Å²) in [6.07, 6.45) is 4.78. The van der Waals surface area contributed by atoms with Crippen LogP contribution in [0.1, 0.15) is 33.7 Å². The number of pyridine rings is 1. The number of aromatic nitrogens is 2. The number of rotatable bonds is 3. The van der Waals surface area contributed by atoms with Crippen molar-refractivity contribution in [3.63, 3.8) is 0 Å². The number of nitrogens with zero attached hydrogens (tertiary/aromatic N) is 3. The van der Waals surface area contributed by atoms with Crippen molar-refractivity contribution in [3.8, 4) is 0 Å². The van der Waals surface area contributed by atoms with Gasteiger partial charge in [-0.1, -0.05) is 0 Å². The molecule has 2 N–H and O–H groups in total. The van der Waals surface area contributed by atoms with Crippen molar-refractivity contribution in [2.45, 2.75) is 32.4 Å². The van der Waals surface area contributed by atoms with Crippen LogP contribution in [-0.4, -0.2) is 39.6 Å². The van der Waals surface area contributed by atoms with E-state index < -0.39 is 0 Å². The molecule has 0 aromatic carbocycles. The van der Waals surface area contributed by atoms with E-state index in [4.69, 9.17) is 0 Å². The lowest BCUT2D eigenvalue weighted by Gasteiger charge is -2.30. The topological polar surface area (TPSA) is 78.6 Å². The fraction of sp³-hybridized carbons (Fsp3) is 0.375. The van der Waals surface area contributed by atoms with E-state index in [0.717, 1.165) is 33.3 Å². The second-order valence-corrected chi connectivity index (χ2v) is 5.95. The minimum Gasteiger partial charge on any atom is -0.450 e. The van der Waals surface area contributed by atoms with Gasteiger partial charge in [-0.2, -0.15) is 0 Å². The van der Waals surface area contributed by atoms with Crippen molar-refractivity contribution in [2.75, 3.05) is 11.4 Å². The van der Waals surface area contributed by atoms with Crippen LogP contribution in [0.15, 0.2) is 18.3 Å². The third-order valence-electron chi connectivity index (χ3n) is 4.79. The van der Waals surface area contributed by atoms with Gasteiger partial charge in [0.05, 0.1) is 6.61 Å². The van der Waals surface area contributed by atoms with Gasteiger partial charge >= 0.3 is 7.48 Å². The van der Waals surface area contributed by atoms with Crippen LogP contribution in [0.25, 0.3) is 0 Å². The van der Waals surface area contributed by atoms with E-state index in [1.807, 2.05) is 6.07 Å². The maximum Gasteiger partial charge on any atom is 0.327 e. The molecule has 23 heavy (non-hydrogen) atoms. The zero-order chi connectivity index (χ0) is 16.0. The van der Waals surface area contributed by atoms with Gasteiger partial charge in [-0.25, -0.2) is 4.98 Å². The minimum atomic E-state index is -0.281. The third kappa shape index (κ3) is 2.11. The lowest BCUT2D eigenvalue weighted by molar-refractivity contribution is 0.0963. The molecule has 2 aromatic heterocycles. The molecular formula is C16H17BN3O3. The molecule has 2 aromatic rings. The first kappa shape index (κ1) is 14.5. The second-order valence-electron chi connectivity index (χ2n) is 5.95. The Morgan fingerprint density at radius 1 is 1.30 bits per heavy atom. The molecule has 117 valence electrons. The van der Waals surface area contributed by atoms with Crippen LogP contribution in [0, 0.1) is 0 Å². The summed E-state index contributed by atoms with van der Waals surface area (Å²) in [7, 11) is 0.933. The summed E-state index contributed by atoms with van der Waals surface area (Å²) in [6.45, 7) is 0.967. The smallest absolute Gasteiger partial charge is 0.327 e. The minimum absolute atomic E-state index is 0.0945. The molecule has 2 aliphatic rings. The highest BCUT2D eigenvalue weighted by molar-refractivity contribution is 6.46. The van der Waals surface area contributed by atoms with Gasteiger partial charge in [-0.15, -0.1) is 0 Å². The average molecular weight is 310 g/mol. The first-order valence-electron chi connectivity index (χ1n) is 7.84. The Morgan fingerprint density at radius 2 is 2.17 bits per heavy atom. The van der Waals surface area contributed by atoms with E-state index in [1.165, 1.54) is 17.5 Å². The second kappa shape index (κ2) is 5.51. The molecule has 1 radical (unpaired) electrons. The standard InChI is InChI=1S/C16H17BN3O3/c21-9-11-12(17-23)4-5-18-15(11)20-7-6-19-13-3-1-2-10(13)8-14(19)16(20)22/h4-5,8,21,23H,1-3,6-7,9H2. The van der Waals surface area contributed by atoms with E-state index in [9.17, 15) is 14.9 Å². The number of aryl methyl sites for hydroxylation is 1. The predicted molar refractivity (Wildman–Crippen MR) is 85.9 cm³/mol. The van der Waals surface area contributed by atoms with Crippen LogP contribution in [0.3, 0.4) is 0 Å². The molecule has 1 aliphatic heterocycles. The van der Waals surface area contributed by atoms with Gasteiger partial charge in [0.25, 0.3) is 5.91 Å². The van der Waals surface area contributed by atoms with Crippen LogP contribution in [0.2, 0.25) is 0 Å². The number of aliphatic hydroxyl groups excluding tert-OH is 1. The van der Waals surface area contributed by atoms with Crippen molar-refractivity contribution in [1.82, 2.24) is 9.55 Å². The lowest BCUT2D eigenvalue weighted by Crippen LogP contribution is -2.42. The molecule has 0 saturated heterocycles. The zero-order valence-electron chi connectivity index (χ0n) is 12.7. The lowest BCUT2D eigenvalue weighted by atomic mass is 9.85. The summed E-state index contributed by atoms with van der Waals surface area (Å²) >= 11 is 0. The Bertz CT molecular complexity index is 787. The van der Waals surface area contributed by atoms with E-state index in [-0.39, 0.29) is 12.5 Å². The maximum atomic E-state index is 12.9. The largest absolute Gasteiger partial charge is 0.450 e. The molecule has 6 nitrogen and oxygen atoms in total. The van der Waals surface area contributed by atoms with Gasteiger partial charge in [0.1, 0.15) is 11.5 Å². The van der Waals surface area contributed by atoms with Crippen molar-refractivity contribution >= 4 is 24.7 Å². The number of fused-ring (bicyclic) bond motifs is 3. The Hall–Kier alpha value is -2.12. The van der Waals surface area contributed by atoms with Crippen LogP contribution in [0.4, 0.5) is 5.82 Å². The molecule has 0 spiro atoms. The van der Waals surface area contributed by atoms with Crippen LogP contribution in [0.5, 0.6) is 0 Å². The van der Waals surface area contributed by atoms with E-state index in [1.54, 1.807) is 11.0 Å². The monoisotopic (exact) mass is 310 g/mol. The highest BCUT2D eigenvalue weighted by Gasteiger charge is 2.32. The fourth-order valence-corrected chi connectivity index (χ4v) is 3.69. The molecule has 0 unspecified atom stereocenters. The normalized spacial score (nSPS) is 16.4. The Kier molecular flexibility index (Phi) is 3.47. The fourth-order valence-electron chi connectivity index (χ4n) is 3.69. The van der Waals surface area contributed by atoms with E-state index >= 15 is 0 Å². The van der Waals surface area contributed by atoms with Crippen LogP contribution < -0.4 is 10.4 Å². The SMILES string of the molecule is O=C1c2cc3c(n2CCN1c1nccc([B]O)c1CO)CCC3. The highest BCUT2D eigenvalue weighted by atomic mass is 16.3. The Morgan fingerprint density at radius 3 is 2.96 bits per heavy atom. The molecule has 0 bridgehead atoms. The van der Waals surface area contributed by atoms with Crippen molar-refractivity contribution < 1.29 is 14.9 Å². The molecule has 0 fully saturated rings. The third-order valence-corrected chi connectivity index (χ3v) is 4.79. The van der Waals surface area contributed by atoms with Gasteiger partial charge in [0, 0.05) is 30.5 Å². The van der Waals surface area contributed by atoms with Gasteiger partial charge < -0.3 is 14.7 Å². The van der Waals surface area contributed by atoms with Gasteiger partial charge in [0.15, 0.2) is 0 Å². The van der Waals surface area contributed by atoms with Gasteiger partial charge in [0.2, 0.25) is 0 Å². The molecular weight excluding hydrogens is 293 g/mol. The number of carbonyl (C=O) groups is 1. The molecule has 1 amide bonds. The number of hydrogen-bond acceptors (Lipinski definition) is 4.